The number of unbranched alkanes of at least 4 members (excludes halogenated alkanes) is 20. The maximum Gasteiger partial charge on any atom is 0.508 e. The molecule has 0 aliphatic heterocycles. The molecule has 0 heterocycles. The van der Waals surface area contributed by atoms with Gasteiger partial charge in [-0.1, -0.05) is 169 Å². The third-order valence-electron chi connectivity index (χ3n) is 11.6. The van der Waals surface area contributed by atoms with E-state index in [0.29, 0.717) is 31.6 Å². The number of ether oxygens (including phenoxy) is 3. The predicted molar refractivity (Wildman–Crippen MR) is 236 cm³/mol. The number of nitrogens with zero attached hydrogens (tertiary/aromatic N) is 2. The van der Waals surface area contributed by atoms with Crippen LogP contribution in [-0.4, -0.2) is 80.0 Å². The Morgan fingerprint density at radius 2 is 0.927 bits per heavy atom. The maximum atomic E-state index is 12.7. The predicted octanol–water partition coefficient (Wildman–Crippen LogP) is 14.1. The van der Waals surface area contributed by atoms with Crippen molar-refractivity contribution in [2.75, 3.05) is 45.9 Å². The van der Waals surface area contributed by atoms with Gasteiger partial charge in [-0.25, -0.2) is 4.79 Å². The standard InChI is InChI=1S/C48H96N2O5/c1-8-13-16-19-21-22-26-30-35-45(34-29-25-20-17-14-9-2)43-54-47(51)38-33-28-24-23-27-32-37-46(36-31-18-15-10-3)55-48(52)53-42-41-50(44(6)7)40-39-49(11-4)12-5/h44-46H,8-43H2,1-7H3. The molecule has 0 spiro atoms. The second-order valence-corrected chi connectivity index (χ2v) is 16.9. The zero-order chi connectivity index (χ0) is 40.6. The molecular weight excluding hydrogens is 685 g/mol. The molecule has 55 heavy (non-hydrogen) atoms. The molecule has 0 fully saturated rings. The molecule has 0 aromatic carbocycles. The Morgan fingerprint density at radius 1 is 0.491 bits per heavy atom. The quantitative estimate of drug-likeness (QED) is 0.0451. The summed E-state index contributed by atoms with van der Waals surface area (Å²) >= 11 is 0. The van der Waals surface area contributed by atoms with E-state index in [2.05, 4.69) is 58.3 Å². The molecule has 2 unspecified atom stereocenters. The Morgan fingerprint density at radius 3 is 1.40 bits per heavy atom. The van der Waals surface area contributed by atoms with Crippen LogP contribution in [0.5, 0.6) is 0 Å². The fraction of sp³-hybridized carbons (Fsp3) is 0.958. The highest BCUT2D eigenvalue weighted by Gasteiger charge is 2.17. The molecule has 0 radical (unpaired) electrons. The van der Waals surface area contributed by atoms with Gasteiger partial charge in [0.25, 0.3) is 0 Å². The molecule has 328 valence electrons. The van der Waals surface area contributed by atoms with Crippen LogP contribution in [0.2, 0.25) is 0 Å². The van der Waals surface area contributed by atoms with E-state index in [1.807, 2.05) is 0 Å². The summed E-state index contributed by atoms with van der Waals surface area (Å²) in [5.74, 6) is 0.523. The number of esters is 1. The van der Waals surface area contributed by atoms with Crippen molar-refractivity contribution >= 4 is 12.1 Å². The van der Waals surface area contributed by atoms with Crippen LogP contribution in [0.3, 0.4) is 0 Å². The van der Waals surface area contributed by atoms with E-state index >= 15 is 0 Å². The number of hydrogen-bond acceptors (Lipinski definition) is 7. The molecule has 0 N–H and O–H groups in total. The highest BCUT2D eigenvalue weighted by Crippen LogP contribution is 2.21. The average molecular weight is 781 g/mol. The molecule has 7 heteroatoms. The van der Waals surface area contributed by atoms with Gasteiger partial charge in [-0.15, -0.1) is 0 Å². The lowest BCUT2D eigenvalue weighted by molar-refractivity contribution is -0.145. The van der Waals surface area contributed by atoms with Crippen molar-refractivity contribution in [1.82, 2.24) is 9.80 Å². The summed E-state index contributed by atoms with van der Waals surface area (Å²) < 4.78 is 17.3. The van der Waals surface area contributed by atoms with Crippen molar-refractivity contribution in [2.24, 2.45) is 5.92 Å². The van der Waals surface area contributed by atoms with Gasteiger partial charge in [-0.05, 0) is 77.8 Å². The largest absolute Gasteiger partial charge is 0.508 e. The molecule has 0 aliphatic carbocycles. The van der Waals surface area contributed by atoms with Gasteiger partial charge in [0.1, 0.15) is 12.7 Å². The fourth-order valence-electron chi connectivity index (χ4n) is 7.64. The first kappa shape index (κ1) is 53.7. The maximum absolute atomic E-state index is 12.7. The van der Waals surface area contributed by atoms with Gasteiger partial charge >= 0.3 is 12.1 Å². The summed E-state index contributed by atoms with van der Waals surface area (Å²) in [4.78, 5) is 30.1. The van der Waals surface area contributed by atoms with E-state index in [1.54, 1.807) is 0 Å². The molecule has 7 nitrogen and oxygen atoms in total. The van der Waals surface area contributed by atoms with E-state index in [1.165, 1.54) is 122 Å². The van der Waals surface area contributed by atoms with Gasteiger partial charge in [-0.2, -0.15) is 0 Å². The van der Waals surface area contributed by atoms with Crippen molar-refractivity contribution in [2.45, 2.75) is 247 Å². The Kier molecular flexibility index (Phi) is 39.8. The Labute approximate surface area is 343 Å². The normalized spacial score (nSPS) is 12.8. The third-order valence-corrected chi connectivity index (χ3v) is 11.6. The SMILES string of the molecule is CCCCCCCCCCC(CCCCCCCC)COC(=O)CCCCCCCCC(CCCCCC)OC(=O)OCCN(CCN(CC)CC)C(C)C. The summed E-state index contributed by atoms with van der Waals surface area (Å²) in [7, 11) is 0. The fourth-order valence-corrected chi connectivity index (χ4v) is 7.64. The molecule has 0 amide bonds. The number of carbonyl (C=O) groups is 2. The Balaban J connectivity index is 4.42. The minimum absolute atomic E-state index is 0.00429. The summed E-state index contributed by atoms with van der Waals surface area (Å²) in [6, 6.07) is 0.404. The summed E-state index contributed by atoms with van der Waals surface area (Å²) in [5.41, 5.74) is 0. The van der Waals surface area contributed by atoms with Crippen molar-refractivity contribution in [3.8, 4) is 0 Å². The monoisotopic (exact) mass is 781 g/mol. The first-order chi connectivity index (χ1) is 26.8. The number of likely N-dealkylation sites (N-methyl/N-ethyl adjacent to an activating group) is 1. The summed E-state index contributed by atoms with van der Waals surface area (Å²) in [6.07, 6.45) is 34.0. The van der Waals surface area contributed by atoms with E-state index in [-0.39, 0.29) is 12.1 Å². The highest BCUT2D eigenvalue weighted by molar-refractivity contribution is 5.69. The molecule has 0 saturated carbocycles. The van der Waals surface area contributed by atoms with Crippen LogP contribution in [0.1, 0.15) is 235 Å². The van der Waals surface area contributed by atoms with E-state index in [9.17, 15) is 9.59 Å². The van der Waals surface area contributed by atoms with Crippen LogP contribution in [0.15, 0.2) is 0 Å². The van der Waals surface area contributed by atoms with Crippen LogP contribution in [-0.2, 0) is 19.0 Å². The Bertz CT molecular complexity index is 820. The first-order valence-corrected chi connectivity index (χ1v) is 24.3. The van der Waals surface area contributed by atoms with Gasteiger partial charge in [0.15, 0.2) is 0 Å². The molecule has 0 aromatic rings. The van der Waals surface area contributed by atoms with Crippen molar-refractivity contribution in [1.29, 1.82) is 0 Å². The Hall–Kier alpha value is -1.34. The van der Waals surface area contributed by atoms with E-state index in [4.69, 9.17) is 14.2 Å². The second kappa shape index (κ2) is 40.8. The zero-order valence-corrected chi connectivity index (χ0v) is 38.1. The van der Waals surface area contributed by atoms with E-state index < -0.39 is 6.16 Å². The van der Waals surface area contributed by atoms with Gasteiger partial charge in [0, 0.05) is 32.1 Å². The molecule has 0 aromatic heterocycles. The lowest BCUT2D eigenvalue weighted by atomic mass is 9.94. The molecule has 2 atom stereocenters. The van der Waals surface area contributed by atoms with Gasteiger partial charge in [0.05, 0.1) is 6.61 Å². The summed E-state index contributed by atoms with van der Waals surface area (Å²) in [6.45, 7) is 21.4. The van der Waals surface area contributed by atoms with Crippen molar-refractivity contribution in [3.05, 3.63) is 0 Å². The third kappa shape index (κ3) is 35.5. The van der Waals surface area contributed by atoms with Crippen LogP contribution in [0.4, 0.5) is 4.79 Å². The number of hydrogen-bond donors (Lipinski definition) is 0. The second-order valence-electron chi connectivity index (χ2n) is 16.9. The molecule has 0 saturated heterocycles. The van der Waals surface area contributed by atoms with Crippen LogP contribution < -0.4 is 0 Å². The minimum Gasteiger partial charge on any atom is -0.465 e. The number of rotatable bonds is 42. The smallest absolute Gasteiger partial charge is 0.465 e. The van der Waals surface area contributed by atoms with Gasteiger partial charge in [-0.3, -0.25) is 9.69 Å². The van der Waals surface area contributed by atoms with Gasteiger partial charge < -0.3 is 19.1 Å². The van der Waals surface area contributed by atoms with Gasteiger partial charge in [0.2, 0.25) is 0 Å². The lowest BCUT2D eigenvalue weighted by Gasteiger charge is -2.29. The zero-order valence-electron chi connectivity index (χ0n) is 38.1. The van der Waals surface area contributed by atoms with E-state index in [0.717, 1.165) is 90.5 Å². The van der Waals surface area contributed by atoms with Crippen LogP contribution >= 0.6 is 0 Å². The molecule has 0 aliphatic rings. The highest BCUT2D eigenvalue weighted by atomic mass is 16.7. The number of carbonyl (C=O) groups excluding carboxylic acids is 2. The van der Waals surface area contributed by atoms with Crippen molar-refractivity contribution in [3.63, 3.8) is 0 Å². The molecular formula is C48H96N2O5. The van der Waals surface area contributed by atoms with Crippen molar-refractivity contribution < 1.29 is 23.8 Å². The average Bonchev–Trinajstić information content (AvgIpc) is 3.17. The lowest BCUT2D eigenvalue weighted by Crippen LogP contribution is -2.40. The van der Waals surface area contributed by atoms with Crippen LogP contribution in [0.25, 0.3) is 0 Å². The summed E-state index contributed by atoms with van der Waals surface area (Å²) in [5, 5.41) is 0. The molecule has 0 bridgehead atoms. The first-order valence-electron chi connectivity index (χ1n) is 24.3. The molecule has 0 rings (SSSR count). The minimum atomic E-state index is -0.512. The topological polar surface area (TPSA) is 68.3 Å². The van der Waals surface area contributed by atoms with Crippen LogP contribution in [0, 0.1) is 5.92 Å².